The van der Waals surface area contributed by atoms with Crippen LogP contribution in [0.5, 0.6) is 0 Å². The Bertz CT molecular complexity index is 658. The molecule has 0 bridgehead atoms. The van der Waals surface area contributed by atoms with E-state index in [0.29, 0.717) is 5.69 Å². The van der Waals surface area contributed by atoms with Gasteiger partial charge in [0, 0.05) is 25.0 Å². The molecule has 1 fully saturated rings. The topological polar surface area (TPSA) is 131 Å². The summed E-state index contributed by atoms with van der Waals surface area (Å²) in [7, 11) is -3.64. The smallest absolute Gasteiger partial charge is 0.323 e. The molecule has 0 saturated carbocycles. The Morgan fingerprint density at radius 2 is 2.15 bits per heavy atom. The average molecular weight is 299 g/mol. The molecule has 0 aromatic carbocycles. The number of primary amides is 1. The molecule has 108 valence electrons. The monoisotopic (exact) mass is 299 g/mol. The summed E-state index contributed by atoms with van der Waals surface area (Å²) in [6.45, 7) is -0.00574. The van der Waals surface area contributed by atoms with Crippen molar-refractivity contribution in [2.24, 2.45) is 5.73 Å². The van der Waals surface area contributed by atoms with Gasteiger partial charge in [-0.3, -0.25) is 14.6 Å². The summed E-state index contributed by atoms with van der Waals surface area (Å²) in [5.74, 6) is -2.33. The van der Waals surface area contributed by atoms with Crippen molar-refractivity contribution in [1.82, 2.24) is 4.98 Å². The van der Waals surface area contributed by atoms with E-state index in [1.807, 2.05) is 0 Å². The van der Waals surface area contributed by atoms with Crippen molar-refractivity contribution in [2.75, 3.05) is 23.7 Å². The average Bonchev–Trinajstić information content (AvgIpc) is 2.38. The second-order valence-corrected chi connectivity index (χ2v) is 6.71. The Labute approximate surface area is 115 Å². The lowest BCUT2D eigenvalue weighted by Crippen LogP contribution is -2.50. The van der Waals surface area contributed by atoms with Crippen LogP contribution in [0.2, 0.25) is 0 Å². The van der Waals surface area contributed by atoms with Gasteiger partial charge in [0.05, 0.1) is 5.75 Å². The van der Waals surface area contributed by atoms with Crippen LogP contribution in [0.1, 0.15) is 10.5 Å². The second kappa shape index (κ2) is 5.08. The predicted octanol–water partition coefficient (Wildman–Crippen LogP) is -1.13. The summed E-state index contributed by atoms with van der Waals surface area (Å²) in [6, 6.07) is 2.99. The third-order valence-corrected chi connectivity index (χ3v) is 5.07. The van der Waals surface area contributed by atoms with E-state index >= 15 is 0 Å². The third-order valence-electron chi connectivity index (χ3n) is 3.10. The number of carboxylic acids is 1. The number of aromatic nitrogens is 1. The first-order valence-electron chi connectivity index (χ1n) is 5.76. The molecule has 1 aliphatic rings. The number of anilines is 1. The van der Waals surface area contributed by atoms with Crippen molar-refractivity contribution in [3.05, 3.63) is 24.0 Å². The van der Waals surface area contributed by atoms with Crippen molar-refractivity contribution in [3.63, 3.8) is 0 Å². The van der Waals surface area contributed by atoms with E-state index in [9.17, 15) is 18.0 Å². The molecule has 1 aromatic heterocycles. The zero-order valence-corrected chi connectivity index (χ0v) is 11.2. The number of carboxylic acid groups (broad SMARTS) is 1. The van der Waals surface area contributed by atoms with Crippen LogP contribution in [0.15, 0.2) is 18.3 Å². The summed E-state index contributed by atoms with van der Waals surface area (Å²) in [6.07, 6.45) is 1.37. The molecule has 1 unspecified atom stereocenters. The molecule has 8 nitrogen and oxygen atoms in total. The zero-order valence-electron chi connectivity index (χ0n) is 10.4. The van der Waals surface area contributed by atoms with Gasteiger partial charge >= 0.3 is 5.97 Å². The lowest BCUT2D eigenvalue weighted by atomic mass is 10.2. The Kier molecular flexibility index (Phi) is 3.62. The van der Waals surface area contributed by atoms with E-state index in [-0.39, 0.29) is 24.5 Å². The third kappa shape index (κ3) is 2.72. The number of aliphatic carboxylic acids is 1. The number of nitrogens with two attached hydrogens (primary N) is 1. The summed E-state index contributed by atoms with van der Waals surface area (Å²) in [5, 5.41) is 7.52. The molecule has 2 rings (SSSR count). The van der Waals surface area contributed by atoms with Gasteiger partial charge in [-0.1, -0.05) is 0 Å². The maximum absolute atomic E-state index is 11.7. The second-order valence-electron chi connectivity index (χ2n) is 4.40. The minimum absolute atomic E-state index is 0.0443. The number of amides is 1. The molecule has 0 spiro atoms. The van der Waals surface area contributed by atoms with Gasteiger partial charge in [-0.2, -0.15) is 0 Å². The molecule has 1 aromatic rings. The summed E-state index contributed by atoms with van der Waals surface area (Å²) in [4.78, 5) is 27.5. The van der Waals surface area contributed by atoms with Gasteiger partial charge in [-0.05, 0) is 12.1 Å². The van der Waals surface area contributed by atoms with E-state index in [1.165, 1.54) is 12.3 Å². The predicted molar refractivity (Wildman–Crippen MR) is 70.2 cm³/mol. The van der Waals surface area contributed by atoms with Gasteiger partial charge < -0.3 is 15.7 Å². The molecular formula is C11H13N3O5S. The molecule has 20 heavy (non-hydrogen) atoms. The van der Waals surface area contributed by atoms with E-state index < -0.39 is 27.0 Å². The van der Waals surface area contributed by atoms with Gasteiger partial charge in [-0.15, -0.1) is 0 Å². The van der Waals surface area contributed by atoms with Crippen molar-refractivity contribution in [2.45, 2.75) is 5.25 Å². The minimum Gasteiger partial charge on any atom is -0.480 e. The van der Waals surface area contributed by atoms with Gasteiger partial charge in [0.2, 0.25) is 0 Å². The van der Waals surface area contributed by atoms with Crippen LogP contribution in [0, 0.1) is 0 Å². The van der Waals surface area contributed by atoms with Gasteiger partial charge in [0.1, 0.15) is 5.69 Å². The first-order valence-corrected chi connectivity index (χ1v) is 7.48. The molecular weight excluding hydrogens is 286 g/mol. The molecule has 1 amide bonds. The standard InChI is InChI=1S/C11H13N3O5S/c12-10(15)8-5-7(1-2-13-8)14-3-4-20(18,19)9(6-14)11(16)17/h1-2,5,9H,3-4,6H2,(H2,12,15)(H,16,17). The number of hydrogen-bond acceptors (Lipinski definition) is 6. The Hall–Kier alpha value is -2.16. The lowest BCUT2D eigenvalue weighted by molar-refractivity contribution is -0.136. The quantitative estimate of drug-likeness (QED) is 0.721. The molecule has 0 radical (unpaired) electrons. The van der Waals surface area contributed by atoms with Gasteiger partial charge in [-0.25, -0.2) is 8.42 Å². The highest BCUT2D eigenvalue weighted by atomic mass is 32.2. The first-order chi connectivity index (χ1) is 9.31. The van der Waals surface area contributed by atoms with Crippen molar-refractivity contribution in [1.29, 1.82) is 0 Å². The lowest BCUT2D eigenvalue weighted by Gasteiger charge is -2.32. The van der Waals surface area contributed by atoms with Crippen molar-refractivity contribution >= 4 is 27.4 Å². The fourth-order valence-corrected chi connectivity index (χ4v) is 3.48. The van der Waals surface area contributed by atoms with Crippen LogP contribution >= 0.6 is 0 Å². The number of carbonyl (C=O) groups excluding carboxylic acids is 1. The summed E-state index contributed by atoms with van der Waals surface area (Å²) >= 11 is 0. The van der Waals surface area contributed by atoms with Crippen LogP contribution in [0.4, 0.5) is 5.69 Å². The van der Waals surface area contributed by atoms with Crippen LogP contribution in [-0.4, -0.2) is 54.5 Å². The Balaban J connectivity index is 2.29. The Morgan fingerprint density at radius 1 is 1.45 bits per heavy atom. The maximum Gasteiger partial charge on any atom is 0.323 e. The molecule has 1 aliphatic heterocycles. The van der Waals surface area contributed by atoms with Crippen LogP contribution in [0.3, 0.4) is 0 Å². The van der Waals surface area contributed by atoms with Crippen molar-refractivity contribution in [3.8, 4) is 0 Å². The first kappa shape index (κ1) is 14.3. The Morgan fingerprint density at radius 3 is 2.75 bits per heavy atom. The van der Waals surface area contributed by atoms with Crippen LogP contribution in [-0.2, 0) is 14.6 Å². The number of carbonyl (C=O) groups is 2. The largest absolute Gasteiger partial charge is 0.480 e. The van der Waals surface area contributed by atoms with E-state index in [0.717, 1.165) is 0 Å². The van der Waals surface area contributed by atoms with E-state index in [4.69, 9.17) is 10.8 Å². The molecule has 1 saturated heterocycles. The van der Waals surface area contributed by atoms with Crippen LogP contribution < -0.4 is 10.6 Å². The molecule has 1 atom stereocenters. The van der Waals surface area contributed by atoms with Crippen molar-refractivity contribution < 1.29 is 23.1 Å². The van der Waals surface area contributed by atoms with Gasteiger partial charge in [0.15, 0.2) is 15.1 Å². The number of sulfone groups is 1. The normalized spacial score (nSPS) is 21.4. The number of pyridine rings is 1. The minimum atomic E-state index is -3.64. The molecule has 0 aliphatic carbocycles. The highest BCUT2D eigenvalue weighted by molar-refractivity contribution is 7.92. The van der Waals surface area contributed by atoms with Gasteiger partial charge in [0.25, 0.3) is 5.91 Å². The van der Waals surface area contributed by atoms with E-state index in [2.05, 4.69) is 4.98 Å². The zero-order chi connectivity index (χ0) is 14.9. The summed E-state index contributed by atoms with van der Waals surface area (Å²) < 4.78 is 23.4. The van der Waals surface area contributed by atoms with Crippen LogP contribution in [0.25, 0.3) is 0 Å². The molecule has 3 N–H and O–H groups in total. The number of hydrogen-bond donors (Lipinski definition) is 2. The number of nitrogens with zero attached hydrogens (tertiary/aromatic N) is 2. The fraction of sp³-hybridized carbons (Fsp3) is 0.364. The SMILES string of the molecule is NC(=O)c1cc(N2CCS(=O)(=O)C(C(=O)O)C2)ccn1. The maximum atomic E-state index is 11.7. The number of rotatable bonds is 3. The highest BCUT2D eigenvalue weighted by Gasteiger charge is 2.38. The van der Waals surface area contributed by atoms with E-state index in [1.54, 1.807) is 11.0 Å². The highest BCUT2D eigenvalue weighted by Crippen LogP contribution is 2.21. The fourth-order valence-electron chi connectivity index (χ4n) is 2.00. The molecule has 2 heterocycles. The summed E-state index contributed by atoms with van der Waals surface area (Å²) in [5.41, 5.74) is 5.69. The molecule has 9 heteroatoms.